The van der Waals surface area contributed by atoms with E-state index >= 15 is 0 Å². The molecule has 0 unspecified atom stereocenters. The zero-order valence-corrected chi connectivity index (χ0v) is 18.3. The monoisotopic (exact) mass is 444 g/mol. The van der Waals surface area contributed by atoms with Gasteiger partial charge in [0.1, 0.15) is 0 Å². The van der Waals surface area contributed by atoms with Crippen LogP contribution in [-0.2, 0) is 15.1 Å². The number of halogens is 1. The van der Waals surface area contributed by atoms with E-state index in [1.807, 2.05) is 18.2 Å². The number of rotatable bonds is 7. The molecule has 1 amide bonds. The van der Waals surface area contributed by atoms with Crippen LogP contribution < -0.4 is 16.0 Å². The lowest BCUT2D eigenvalue weighted by Gasteiger charge is -2.29. The standard InChI is InChI=1S/C23H29ClN4O3/c24-17-7-8-18-16(22(17)28-20(29)12-15-4-2-1-3-5-15)6-9-19(27-18)23(10-11-25-14-23)26-13-21(30)31/h6-9,15,25-26H,1-5,10-14H2,(H,28,29)(H,30,31)/t23-/m0/s1. The normalized spacial score (nSPS) is 22.0. The Morgan fingerprint density at radius 3 is 2.71 bits per heavy atom. The minimum absolute atomic E-state index is 0.00929. The second-order valence-electron chi connectivity index (χ2n) is 8.70. The molecule has 1 aromatic carbocycles. The Hall–Kier alpha value is -2.22. The molecule has 2 fully saturated rings. The van der Waals surface area contributed by atoms with Gasteiger partial charge in [0.15, 0.2) is 0 Å². The van der Waals surface area contributed by atoms with E-state index in [9.17, 15) is 9.59 Å². The molecule has 7 nitrogen and oxygen atoms in total. The number of nitrogens with zero attached hydrogens (tertiary/aromatic N) is 1. The largest absolute Gasteiger partial charge is 0.480 e. The lowest BCUT2D eigenvalue weighted by atomic mass is 9.87. The summed E-state index contributed by atoms with van der Waals surface area (Å²) in [6.45, 7) is 1.26. The zero-order valence-electron chi connectivity index (χ0n) is 17.5. The van der Waals surface area contributed by atoms with E-state index in [0.29, 0.717) is 29.6 Å². The van der Waals surface area contributed by atoms with E-state index in [4.69, 9.17) is 21.7 Å². The highest BCUT2D eigenvalue weighted by molar-refractivity contribution is 6.35. The van der Waals surface area contributed by atoms with Crippen LogP contribution in [0.15, 0.2) is 24.3 Å². The van der Waals surface area contributed by atoms with Crippen LogP contribution in [0.3, 0.4) is 0 Å². The Bertz CT molecular complexity index is 969. The maximum atomic E-state index is 12.7. The van der Waals surface area contributed by atoms with Crippen molar-refractivity contribution in [1.82, 2.24) is 15.6 Å². The van der Waals surface area contributed by atoms with Gasteiger partial charge in [0, 0.05) is 18.4 Å². The summed E-state index contributed by atoms with van der Waals surface area (Å²) in [6.07, 6.45) is 7.16. The molecule has 4 N–H and O–H groups in total. The van der Waals surface area contributed by atoms with Gasteiger partial charge in [-0.2, -0.15) is 0 Å². The number of carboxylic acids is 1. The van der Waals surface area contributed by atoms with Gasteiger partial charge in [0.05, 0.1) is 34.0 Å². The number of aliphatic carboxylic acids is 1. The smallest absolute Gasteiger partial charge is 0.317 e. The summed E-state index contributed by atoms with van der Waals surface area (Å²) < 4.78 is 0. The lowest BCUT2D eigenvalue weighted by Crippen LogP contribution is -2.47. The number of carbonyl (C=O) groups is 2. The molecule has 1 saturated carbocycles. The first-order valence-corrected chi connectivity index (χ1v) is 11.4. The number of anilines is 1. The molecule has 31 heavy (non-hydrogen) atoms. The molecule has 1 aliphatic carbocycles. The molecule has 0 radical (unpaired) electrons. The van der Waals surface area contributed by atoms with E-state index < -0.39 is 11.5 Å². The van der Waals surface area contributed by atoms with Crippen LogP contribution in [-0.4, -0.2) is 41.6 Å². The number of nitrogens with one attached hydrogen (secondary N) is 3. The van der Waals surface area contributed by atoms with E-state index in [1.54, 1.807) is 6.07 Å². The molecule has 0 spiro atoms. The zero-order chi connectivity index (χ0) is 21.8. The Labute approximate surface area is 187 Å². The molecule has 1 saturated heterocycles. The number of amides is 1. The van der Waals surface area contributed by atoms with Crippen molar-refractivity contribution in [1.29, 1.82) is 0 Å². The minimum atomic E-state index is -0.901. The van der Waals surface area contributed by atoms with Crippen LogP contribution >= 0.6 is 11.6 Å². The van der Waals surface area contributed by atoms with Crippen molar-refractivity contribution in [3.63, 3.8) is 0 Å². The minimum Gasteiger partial charge on any atom is -0.480 e. The molecular formula is C23H29ClN4O3. The van der Waals surface area contributed by atoms with Crippen molar-refractivity contribution >= 4 is 40.1 Å². The number of pyridine rings is 1. The first-order chi connectivity index (χ1) is 15.0. The summed E-state index contributed by atoms with van der Waals surface area (Å²) in [4.78, 5) is 28.6. The van der Waals surface area contributed by atoms with Crippen molar-refractivity contribution in [2.45, 2.75) is 50.5 Å². The third-order valence-corrected chi connectivity index (χ3v) is 6.82. The van der Waals surface area contributed by atoms with Crippen molar-refractivity contribution in [2.75, 3.05) is 25.0 Å². The second-order valence-corrected chi connectivity index (χ2v) is 9.11. The molecule has 1 aliphatic heterocycles. The van der Waals surface area contributed by atoms with Crippen LogP contribution in [0.2, 0.25) is 5.02 Å². The van der Waals surface area contributed by atoms with Gasteiger partial charge in [0.2, 0.25) is 5.91 Å². The van der Waals surface area contributed by atoms with Gasteiger partial charge < -0.3 is 15.7 Å². The van der Waals surface area contributed by atoms with Crippen LogP contribution in [0.4, 0.5) is 5.69 Å². The third kappa shape index (κ3) is 5.00. The first kappa shape index (κ1) is 22.0. The van der Waals surface area contributed by atoms with Crippen molar-refractivity contribution in [2.24, 2.45) is 5.92 Å². The number of carbonyl (C=O) groups excluding carboxylic acids is 1. The second kappa shape index (κ2) is 9.51. The number of benzene rings is 1. The molecule has 1 aromatic heterocycles. The Morgan fingerprint density at radius 2 is 2.00 bits per heavy atom. The quantitative estimate of drug-likeness (QED) is 0.519. The van der Waals surface area contributed by atoms with Gasteiger partial charge in [-0.15, -0.1) is 0 Å². The third-order valence-electron chi connectivity index (χ3n) is 6.51. The summed E-state index contributed by atoms with van der Waals surface area (Å²) in [5.74, 6) is -0.464. The topological polar surface area (TPSA) is 103 Å². The van der Waals surface area contributed by atoms with Crippen LogP contribution in [0.5, 0.6) is 0 Å². The summed E-state index contributed by atoms with van der Waals surface area (Å²) in [5, 5.41) is 19.9. The van der Waals surface area contributed by atoms with E-state index in [0.717, 1.165) is 42.4 Å². The number of hydrogen-bond donors (Lipinski definition) is 4. The van der Waals surface area contributed by atoms with Gasteiger partial charge in [-0.3, -0.25) is 19.9 Å². The predicted molar refractivity (Wildman–Crippen MR) is 121 cm³/mol. The number of carboxylic acid groups (broad SMARTS) is 1. The maximum absolute atomic E-state index is 12.7. The highest BCUT2D eigenvalue weighted by Crippen LogP contribution is 2.34. The Balaban J connectivity index is 1.58. The van der Waals surface area contributed by atoms with Crippen molar-refractivity contribution in [3.05, 3.63) is 35.0 Å². The van der Waals surface area contributed by atoms with Crippen LogP contribution in [0, 0.1) is 5.92 Å². The summed E-state index contributed by atoms with van der Waals surface area (Å²) >= 11 is 6.44. The van der Waals surface area contributed by atoms with Crippen molar-refractivity contribution < 1.29 is 14.7 Å². The van der Waals surface area contributed by atoms with E-state index in [1.165, 1.54) is 19.3 Å². The Morgan fingerprint density at radius 1 is 1.19 bits per heavy atom. The average Bonchev–Trinajstić information content (AvgIpc) is 3.25. The number of fused-ring (bicyclic) bond motifs is 1. The molecular weight excluding hydrogens is 416 g/mol. The van der Waals surface area contributed by atoms with Crippen LogP contribution in [0.25, 0.3) is 10.9 Å². The van der Waals surface area contributed by atoms with E-state index in [2.05, 4.69) is 16.0 Å². The lowest BCUT2D eigenvalue weighted by molar-refractivity contribution is -0.136. The Kier molecular flexibility index (Phi) is 6.74. The van der Waals surface area contributed by atoms with E-state index in [-0.39, 0.29) is 12.5 Å². The molecule has 0 bridgehead atoms. The average molecular weight is 445 g/mol. The molecule has 2 aromatic rings. The molecule has 2 heterocycles. The summed E-state index contributed by atoms with van der Waals surface area (Å²) in [5.41, 5.74) is 1.57. The molecule has 2 aliphatic rings. The maximum Gasteiger partial charge on any atom is 0.317 e. The fourth-order valence-corrected chi connectivity index (χ4v) is 5.02. The first-order valence-electron chi connectivity index (χ1n) is 11.0. The molecule has 166 valence electrons. The van der Waals surface area contributed by atoms with Gasteiger partial charge in [-0.25, -0.2) is 0 Å². The molecule has 8 heteroatoms. The fraction of sp³-hybridized carbons (Fsp3) is 0.522. The molecule has 4 rings (SSSR count). The highest BCUT2D eigenvalue weighted by atomic mass is 35.5. The fourth-order valence-electron chi connectivity index (χ4n) is 4.81. The van der Waals surface area contributed by atoms with Crippen LogP contribution in [0.1, 0.15) is 50.6 Å². The van der Waals surface area contributed by atoms with Gasteiger partial charge in [0.25, 0.3) is 0 Å². The van der Waals surface area contributed by atoms with Gasteiger partial charge in [-0.05, 0) is 56.0 Å². The summed E-state index contributed by atoms with van der Waals surface area (Å²) in [7, 11) is 0. The summed E-state index contributed by atoms with van der Waals surface area (Å²) in [6, 6.07) is 7.41. The SMILES string of the molecule is O=C(O)CN[C@@]1(c2ccc3c(NC(=O)CC4CCCCC4)c(Cl)ccc3n2)CCNC1. The van der Waals surface area contributed by atoms with Crippen molar-refractivity contribution in [3.8, 4) is 0 Å². The molecule has 1 atom stereocenters. The number of aromatic nitrogens is 1. The number of hydrogen-bond acceptors (Lipinski definition) is 5. The predicted octanol–water partition coefficient (Wildman–Crippen LogP) is 3.66. The highest BCUT2D eigenvalue weighted by Gasteiger charge is 2.37. The van der Waals surface area contributed by atoms with Gasteiger partial charge in [-0.1, -0.05) is 30.9 Å². The van der Waals surface area contributed by atoms with Gasteiger partial charge >= 0.3 is 5.97 Å².